The topological polar surface area (TPSA) is 40.5 Å². The number of aliphatic hydroxyl groups is 1. The van der Waals surface area contributed by atoms with Crippen molar-refractivity contribution in [1.82, 2.24) is 4.90 Å². The van der Waals surface area contributed by atoms with Gasteiger partial charge < -0.3 is 10.0 Å². The van der Waals surface area contributed by atoms with Gasteiger partial charge in [-0.3, -0.25) is 4.79 Å². The average Bonchev–Trinajstić information content (AvgIpc) is 2.24. The van der Waals surface area contributed by atoms with E-state index in [0.717, 1.165) is 0 Å². The molecule has 4 heteroatoms. The Kier molecular flexibility index (Phi) is 2.91. The zero-order chi connectivity index (χ0) is 12.6. The summed E-state index contributed by atoms with van der Waals surface area (Å²) in [7, 11) is 0. The Morgan fingerprint density at radius 2 is 2.18 bits per heavy atom. The minimum Gasteiger partial charge on any atom is -0.386 e. The summed E-state index contributed by atoms with van der Waals surface area (Å²) in [6.45, 7) is 4.32. The van der Waals surface area contributed by atoms with Crippen molar-refractivity contribution in [2.24, 2.45) is 0 Å². The normalized spacial score (nSPS) is 17.8. The van der Waals surface area contributed by atoms with Crippen molar-refractivity contribution in [3.63, 3.8) is 0 Å². The van der Waals surface area contributed by atoms with Gasteiger partial charge in [0.15, 0.2) is 0 Å². The van der Waals surface area contributed by atoms with Gasteiger partial charge in [-0.1, -0.05) is 6.92 Å². The Morgan fingerprint density at radius 3 is 2.71 bits per heavy atom. The van der Waals surface area contributed by atoms with Crippen LogP contribution in [0.5, 0.6) is 0 Å². The third kappa shape index (κ3) is 2.17. The molecule has 17 heavy (non-hydrogen) atoms. The van der Waals surface area contributed by atoms with Gasteiger partial charge in [0.1, 0.15) is 5.82 Å². The van der Waals surface area contributed by atoms with Crippen molar-refractivity contribution >= 4 is 5.91 Å². The van der Waals surface area contributed by atoms with Crippen molar-refractivity contribution in [3.05, 3.63) is 35.1 Å². The molecule has 92 valence electrons. The highest BCUT2D eigenvalue weighted by Gasteiger charge is 2.42. The molecule has 3 nitrogen and oxygen atoms in total. The van der Waals surface area contributed by atoms with Crippen LogP contribution in [0, 0.1) is 12.7 Å². The maximum absolute atomic E-state index is 12.9. The molecule has 2 rings (SSSR count). The molecule has 1 aliphatic heterocycles. The van der Waals surface area contributed by atoms with Gasteiger partial charge in [0.2, 0.25) is 0 Å². The molecule has 1 aromatic rings. The summed E-state index contributed by atoms with van der Waals surface area (Å²) in [4.78, 5) is 13.6. The molecule has 0 spiro atoms. The number of likely N-dealkylation sites (tertiary alicyclic amines) is 1. The van der Waals surface area contributed by atoms with E-state index in [1.54, 1.807) is 11.8 Å². The molecule has 0 radical (unpaired) electrons. The molecule has 0 aromatic heterocycles. The van der Waals surface area contributed by atoms with Crippen LogP contribution < -0.4 is 0 Å². The SMILES string of the molecule is CCC1(O)CN(C(=O)c2ccc(F)cc2C)C1. The van der Waals surface area contributed by atoms with Gasteiger partial charge in [0.05, 0.1) is 18.7 Å². The lowest BCUT2D eigenvalue weighted by Gasteiger charge is -2.46. The molecule has 1 heterocycles. The number of hydrogen-bond acceptors (Lipinski definition) is 2. The van der Waals surface area contributed by atoms with E-state index in [4.69, 9.17) is 0 Å². The van der Waals surface area contributed by atoms with Crippen molar-refractivity contribution in [2.45, 2.75) is 25.9 Å². The summed E-state index contributed by atoms with van der Waals surface area (Å²) in [5.74, 6) is -0.478. The van der Waals surface area contributed by atoms with Gasteiger partial charge in [0, 0.05) is 5.56 Å². The fraction of sp³-hybridized carbons (Fsp3) is 0.462. The molecular weight excluding hydrogens is 221 g/mol. The van der Waals surface area contributed by atoms with Gasteiger partial charge in [0.25, 0.3) is 5.91 Å². The van der Waals surface area contributed by atoms with Crippen LogP contribution >= 0.6 is 0 Å². The van der Waals surface area contributed by atoms with Crippen molar-refractivity contribution in [1.29, 1.82) is 0 Å². The van der Waals surface area contributed by atoms with E-state index < -0.39 is 5.60 Å². The summed E-state index contributed by atoms with van der Waals surface area (Å²) in [6, 6.07) is 4.13. The van der Waals surface area contributed by atoms with E-state index in [9.17, 15) is 14.3 Å². The largest absolute Gasteiger partial charge is 0.386 e. The number of benzene rings is 1. The highest BCUT2D eigenvalue weighted by molar-refractivity contribution is 5.96. The smallest absolute Gasteiger partial charge is 0.254 e. The number of β-amino-alcohol motifs (C(OH)–C–C–N with tert-alkyl or cyclic N) is 1. The van der Waals surface area contributed by atoms with Crippen LogP contribution in [0.4, 0.5) is 4.39 Å². The van der Waals surface area contributed by atoms with Crippen LogP contribution in [0.3, 0.4) is 0 Å². The summed E-state index contributed by atoms with van der Waals surface area (Å²) in [6.07, 6.45) is 0.638. The maximum atomic E-state index is 12.9. The van der Waals surface area contributed by atoms with Crippen LogP contribution in [-0.4, -0.2) is 34.6 Å². The third-order valence-corrected chi connectivity index (χ3v) is 3.33. The maximum Gasteiger partial charge on any atom is 0.254 e. The fourth-order valence-electron chi connectivity index (χ4n) is 2.07. The number of carbonyl (C=O) groups is 1. The molecular formula is C13H16FNO2. The molecule has 1 fully saturated rings. The van der Waals surface area contributed by atoms with Gasteiger partial charge in [-0.2, -0.15) is 0 Å². The summed E-state index contributed by atoms with van der Waals surface area (Å²) < 4.78 is 12.9. The Labute approximate surface area is 99.9 Å². The average molecular weight is 237 g/mol. The third-order valence-electron chi connectivity index (χ3n) is 3.33. The predicted molar refractivity (Wildman–Crippen MR) is 62.3 cm³/mol. The molecule has 0 atom stereocenters. The van der Waals surface area contributed by atoms with E-state index in [0.29, 0.717) is 30.6 Å². The Bertz CT molecular complexity index is 453. The van der Waals surface area contributed by atoms with Crippen LogP contribution in [0.25, 0.3) is 0 Å². The van der Waals surface area contributed by atoms with E-state index in [2.05, 4.69) is 0 Å². The van der Waals surface area contributed by atoms with Crippen LogP contribution in [0.15, 0.2) is 18.2 Å². The summed E-state index contributed by atoms with van der Waals surface area (Å²) >= 11 is 0. The molecule has 0 saturated carbocycles. The summed E-state index contributed by atoms with van der Waals surface area (Å²) in [5, 5.41) is 9.84. The number of halogens is 1. The van der Waals surface area contributed by atoms with Gasteiger partial charge in [-0.15, -0.1) is 0 Å². The molecule has 0 unspecified atom stereocenters. The van der Waals surface area contributed by atoms with E-state index in [1.165, 1.54) is 18.2 Å². The number of aryl methyl sites for hydroxylation is 1. The lowest BCUT2D eigenvalue weighted by molar-refractivity contribution is -0.0826. The lowest BCUT2D eigenvalue weighted by Crippen LogP contribution is -2.63. The highest BCUT2D eigenvalue weighted by atomic mass is 19.1. The predicted octanol–water partition coefficient (Wildman–Crippen LogP) is 1.73. The van der Waals surface area contributed by atoms with E-state index >= 15 is 0 Å². The molecule has 1 N–H and O–H groups in total. The highest BCUT2D eigenvalue weighted by Crippen LogP contribution is 2.26. The van der Waals surface area contributed by atoms with Crippen LogP contribution in [0.2, 0.25) is 0 Å². The van der Waals surface area contributed by atoms with Crippen LogP contribution in [-0.2, 0) is 0 Å². The second-order valence-corrected chi connectivity index (χ2v) is 4.70. The van der Waals surface area contributed by atoms with E-state index in [-0.39, 0.29) is 11.7 Å². The minimum absolute atomic E-state index is 0.138. The molecule has 0 aliphatic carbocycles. The van der Waals surface area contributed by atoms with Gasteiger partial charge in [-0.25, -0.2) is 4.39 Å². The molecule has 1 aliphatic rings. The van der Waals surface area contributed by atoms with Crippen LogP contribution in [0.1, 0.15) is 29.3 Å². The first-order valence-corrected chi connectivity index (χ1v) is 5.73. The number of nitrogens with zero attached hydrogens (tertiary/aromatic N) is 1. The standard InChI is InChI=1S/C13H16FNO2/c1-3-13(17)7-15(8-13)12(16)11-5-4-10(14)6-9(11)2/h4-6,17H,3,7-8H2,1-2H3. The zero-order valence-corrected chi connectivity index (χ0v) is 10.0. The Hall–Kier alpha value is -1.42. The number of hydrogen-bond donors (Lipinski definition) is 1. The first-order valence-electron chi connectivity index (χ1n) is 5.73. The zero-order valence-electron chi connectivity index (χ0n) is 10.0. The number of carbonyl (C=O) groups excluding carboxylic acids is 1. The second kappa shape index (κ2) is 4.11. The monoisotopic (exact) mass is 237 g/mol. The first kappa shape index (κ1) is 12.0. The Balaban J connectivity index is 2.12. The number of amides is 1. The van der Waals surface area contributed by atoms with Crippen molar-refractivity contribution in [2.75, 3.05) is 13.1 Å². The molecule has 1 amide bonds. The van der Waals surface area contributed by atoms with Gasteiger partial charge >= 0.3 is 0 Å². The molecule has 0 bridgehead atoms. The Morgan fingerprint density at radius 1 is 1.53 bits per heavy atom. The fourth-order valence-corrected chi connectivity index (χ4v) is 2.07. The summed E-state index contributed by atoms with van der Waals surface area (Å²) in [5.41, 5.74) is 0.398. The van der Waals surface area contributed by atoms with Crippen molar-refractivity contribution in [3.8, 4) is 0 Å². The molecule has 1 aromatic carbocycles. The quantitative estimate of drug-likeness (QED) is 0.851. The number of rotatable bonds is 2. The first-order chi connectivity index (χ1) is 7.95. The van der Waals surface area contributed by atoms with E-state index in [1.807, 2.05) is 6.92 Å². The second-order valence-electron chi connectivity index (χ2n) is 4.70. The molecule has 1 saturated heterocycles. The lowest BCUT2D eigenvalue weighted by atomic mass is 9.90. The van der Waals surface area contributed by atoms with Crippen molar-refractivity contribution < 1.29 is 14.3 Å². The van der Waals surface area contributed by atoms with Gasteiger partial charge in [-0.05, 0) is 37.1 Å². The minimum atomic E-state index is -0.733.